The van der Waals surface area contributed by atoms with Crippen LogP contribution in [0.4, 0.5) is 5.95 Å². The maximum atomic E-state index is 12.2. The van der Waals surface area contributed by atoms with E-state index in [9.17, 15) is 4.79 Å². The standard InChI is InChI=1S/C15H20N4O2/c1-4-12-7-5-6-11(2)13(12)19-10-17-14(18-15(19)20)16-8-9-21-3/h5-7,10H,4,8-9H2,1-3H3,(H,16,18,20). The zero-order valence-electron chi connectivity index (χ0n) is 12.6. The van der Waals surface area contributed by atoms with Gasteiger partial charge in [-0.3, -0.25) is 4.57 Å². The van der Waals surface area contributed by atoms with Gasteiger partial charge in [-0.1, -0.05) is 25.1 Å². The molecule has 1 aromatic carbocycles. The van der Waals surface area contributed by atoms with Crippen LogP contribution in [0.1, 0.15) is 18.1 Å². The molecule has 6 nitrogen and oxygen atoms in total. The summed E-state index contributed by atoms with van der Waals surface area (Å²) in [6, 6.07) is 5.98. The summed E-state index contributed by atoms with van der Waals surface area (Å²) in [6.45, 7) is 5.13. The molecule has 0 amide bonds. The lowest BCUT2D eigenvalue weighted by molar-refractivity contribution is 0.210. The van der Waals surface area contributed by atoms with E-state index in [1.54, 1.807) is 7.11 Å². The second-order valence-electron chi connectivity index (χ2n) is 4.69. The highest BCUT2D eigenvalue weighted by Gasteiger charge is 2.10. The van der Waals surface area contributed by atoms with Gasteiger partial charge in [0.25, 0.3) is 0 Å². The van der Waals surface area contributed by atoms with E-state index < -0.39 is 0 Å². The van der Waals surface area contributed by atoms with Gasteiger partial charge >= 0.3 is 5.69 Å². The molecule has 0 fully saturated rings. The Kier molecular flexibility index (Phi) is 5.05. The Morgan fingerprint density at radius 3 is 2.86 bits per heavy atom. The summed E-state index contributed by atoms with van der Waals surface area (Å²) < 4.78 is 6.43. The Morgan fingerprint density at radius 1 is 1.38 bits per heavy atom. The molecule has 2 aromatic rings. The van der Waals surface area contributed by atoms with Gasteiger partial charge in [0.05, 0.1) is 12.3 Å². The van der Waals surface area contributed by atoms with Crippen LogP contribution in [0.25, 0.3) is 5.69 Å². The van der Waals surface area contributed by atoms with Gasteiger partial charge < -0.3 is 10.1 Å². The summed E-state index contributed by atoms with van der Waals surface area (Å²) in [5.41, 5.74) is 2.66. The number of aryl methyl sites for hydroxylation is 2. The number of anilines is 1. The molecule has 2 rings (SSSR count). The molecule has 112 valence electrons. The average molecular weight is 288 g/mol. The van der Waals surface area contributed by atoms with Crippen molar-refractivity contribution in [3.8, 4) is 5.69 Å². The SMILES string of the molecule is CCc1cccc(C)c1-n1cnc(NCCOC)nc1=O. The van der Waals surface area contributed by atoms with Crippen molar-refractivity contribution in [2.75, 3.05) is 25.6 Å². The summed E-state index contributed by atoms with van der Waals surface area (Å²) in [5, 5.41) is 2.95. The van der Waals surface area contributed by atoms with Gasteiger partial charge in [-0.15, -0.1) is 0 Å². The first kappa shape index (κ1) is 15.2. The summed E-state index contributed by atoms with van der Waals surface area (Å²) in [7, 11) is 1.62. The number of aromatic nitrogens is 3. The van der Waals surface area contributed by atoms with Crippen molar-refractivity contribution in [3.63, 3.8) is 0 Å². The Morgan fingerprint density at radius 2 is 2.19 bits per heavy atom. The minimum Gasteiger partial charge on any atom is -0.383 e. The molecule has 6 heteroatoms. The Hall–Kier alpha value is -2.21. The molecule has 0 atom stereocenters. The largest absolute Gasteiger partial charge is 0.383 e. The molecule has 0 aliphatic carbocycles. The zero-order valence-corrected chi connectivity index (χ0v) is 12.6. The molecular weight excluding hydrogens is 268 g/mol. The molecule has 0 unspecified atom stereocenters. The molecule has 0 saturated heterocycles. The van der Waals surface area contributed by atoms with Gasteiger partial charge in [0.2, 0.25) is 5.95 Å². The monoisotopic (exact) mass is 288 g/mol. The van der Waals surface area contributed by atoms with E-state index in [0.29, 0.717) is 19.1 Å². The number of methoxy groups -OCH3 is 1. The molecule has 0 radical (unpaired) electrons. The maximum absolute atomic E-state index is 12.2. The number of rotatable bonds is 6. The van der Waals surface area contributed by atoms with Gasteiger partial charge in [0, 0.05) is 13.7 Å². The number of benzene rings is 1. The maximum Gasteiger partial charge on any atom is 0.356 e. The Labute approximate surface area is 123 Å². The van der Waals surface area contributed by atoms with Crippen LogP contribution in [-0.4, -0.2) is 34.8 Å². The third-order valence-electron chi connectivity index (χ3n) is 3.24. The number of ether oxygens (including phenoxy) is 1. The molecular formula is C15H20N4O2. The van der Waals surface area contributed by atoms with E-state index in [4.69, 9.17) is 4.74 Å². The first-order chi connectivity index (χ1) is 10.2. The number of nitrogens with one attached hydrogen (secondary N) is 1. The third-order valence-corrected chi connectivity index (χ3v) is 3.24. The zero-order chi connectivity index (χ0) is 15.2. The molecule has 0 saturated carbocycles. The summed E-state index contributed by atoms with van der Waals surface area (Å²) in [5.74, 6) is 0.319. The lowest BCUT2D eigenvalue weighted by atomic mass is 10.1. The average Bonchev–Trinajstić information content (AvgIpc) is 2.48. The first-order valence-electron chi connectivity index (χ1n) is 6.94. The summed E-state index contributed by atoms with van der Waals surface area (Å²) >= 11 is 0. The normalized spacial score (nSPS) is 10.6. The number of hydrogen-bond acceptors (Lipinski definition) is 5. The number of para-hydroxylation sites is 1. The van der Waals surface area contributed by atoms with Gasteiger partial charge in [-0.2, -0.15) is 4.98 Å². The summed E-state index contributed by atoms with van der Waals surface area (Å²) in [4.78, 5) is 20.4. The van der Waals surface area contributed by atoms with Gasteiger partial charge in [-0.25, -0.2) is 9.78 Å². The minimum absolute atomic E-state index is 0.319. The van der Waals surface area contributed by atoms with E-state index in [2.05, 4.69) is 22.2 Å². The molecule has 1 aromatic heterocycles. The van der Waals surface area contributed by atoms with Gasteiger partial charge in [0.15, 0.2) is 0 Å². The fourth-order valence-corrected chi connectivity index (χ4v) is 2.19. The van der Waals surface area contributed by atoms with Crippen LogP contribution in [0.5, 0.6) is 0 Å². The molecule has 0 spiro atoms. The second-order valence-corrected chi connectivity index (χ2v) is 4.69. The van der Waals surface area contributed by atoms with Crippen LogP contribution in [0.3, 0.4) is 0 Å². The van der Waals surface area contributed by atoms with Crippen molar-refractivity contribution in [2.24, 2.45) is 0 Å². The lowest BCUT2D eigenvalue weighted by Crippen LogP contribution is -2.25. The van der Waals surface area contributed by atoms with E-state index in [0.717, 1.165) is 23.2 Å². The van der Waals surface area contributed by atoms with E-state index in [1.165, 1.54) is 10.9 Å². The van der Waals surface area contributed by atoms with Crippen LogP contribution in [0.15, 0.2) is 29.3 Å². The van der Waals surface area contributed by atoms with E-state index >= 15 is 0 Å². The summed E-state index contributed by atoms with van der Waals surface area (Å²) in [6.07, 6.45) is 2.36. The minimum atomic E-state index is -0.339. The second kappa shape index (κ2) is 6.99. The molecule has 0 bridgehead atoms. The molecule has 1 N–H and O–H groups in total. The predicted molar refractivity (Wildman–Crippen MR) is 82.1 cm³/mol. The number of hydrogen-bond donors (Lipinski definition) is 1. The lowest BCUT2D eigenvalue weighted by Gasteiger charge is -2.13. The van der Waals surface area contributed by atoms with Crippen LogP contribution in [0, 0.1) is 6.92 Å². The Balaban J connectivity index is 2.36. The van der Waals surface area contributed by atoms with E-state index in [1.807, 2.05) is 25.1 Å². The molecule has 1 heterocycles. The molecule has 0 aliphatic rings. The van der Waals surface area contributed by atoms with E-state index in [-0.39, 0.29) is 5.69 Å². The highest BCUT2D eigenvalue weighted by atomic mass is 16.5. The van der Waals surface area contributed by atoms with Crippen molar-refractivity contribution in [1.29, 1.82) is 0 Å². The van der Waals surface area contributed by atoms with Crippen molar-refractivity contribution in [1.82, 2.24) is 14.5 Å². The fourth-order valence-electron chi connectivity index (χ4n) is 2.19. The highest BCUT2D eigenvalue weighted by Crippen LogP contribution is 2.18. The third kappa shape index (κ3) is 3.46. The number of nitrogens with zero attached hydrogens (tertiary/aromatic N) is 3. The van der Waals surface area contributed by atoms with Crippen molar-refractivity contribution in [2.45, 2.75) is 20.3 Å². The van der Waals surface area contributed by atoms with Crippen LogP contribution >= 0.6 is 0 Å². The van der Waals surface area contributed by atoms with Crippen LogP contribution < -0.4 is 11.0 Å². The van der Waals surface area contributed by atoms with Crippen molar-refractivity contribution >= 4 is 5.95 Å². The Bertz CT molecular complexity index is 667. The van der Waals surface area contributed by atoms with Gasteiger partial charge in [0.1, 0.15) is 6.33 Å². The van der Waals surface area contributed by atoms with Gasteiger partial charge in [-0.05, 0) is 24.5 Å². The fraction of sp³-hybridized carbons (Fsp3) is 0.400. The van der Waals surface area contributed by atoms with Crippen LogP contribution in [0.2, 0.25) is 0 Å². The molecule has 0 aliphatic heterocycles. The molecule has 21 heavy (non-hydrogen) atoms. The topological polar surface area (TPSA) is 69.0 Å². The van der Waals surface area contributed by atoms with Crippen molar-refractivity contribution in [3.05, 3.63) is 46.1 Å². The van der Waals surface area contributed by atoms with Crippen molar-refractivity contribution < 1.29 is 4.74 Å². The smallest absolute Gasteiger partial charge is 0.356 e. The first-order valence-corrected chi connectivity index (χ1v) is 6.94. The highest BCUT2D eigenvalue weighted by molar-refractivity contribution is 5.47. The quantitative estimate of drug-likeness (QED) is 0.817. The predicted octanol–water partition coefficient (Wildman–Crippen LogP) is 1.56. The van der Waals surface area contributed by atoms with Crippen LogP contribution in [-0.2, 0) is 11.2 Å².